The summed E-state index contributed by atoms with van der Waals surface area (Å²) < 4.78 is 29.8. The van der Waals surface area contributed by atoms with Crippen LogP contribution in [0.5, 0.6) is 5.75 Å². The van der Waals surface area contributed by atoms with Crippen LogP contribution in [0.25, 0.3) is 0 Å². The second-order valence-electron chi connectivity index (χ2n) is 5.46. The molecule has 0 bridgehead atoms. The van der Waals surface area contributed by atoms with Crippen molar-refractivity contribution in [2.75, 3.05) is 0 Å². The Morgan fingerprint density at radius 2 is 2.00 bits per heavy atom. The van der Waals surface area contributed by atoms with E-state index in [1.165, 1.54) is 24.4 Å². The first kappa shape index (κ1) is 19.7. The van der Waals surface area contributed by atoms with Gasteiger partial charge in [-0.25, -0.2) is 4.83 Å². The number of nitro groups is 1. The van der Waals surface area contributed by atoms with E-state index in [0.717, 1.165) is 6.07 Å². The smallest absolute Gasteiger partial charge is 0.276 e. The van der Waals surface area contributed by atoms with Gasteiger partial charge in [-0.05, 0) is 43.7 Å². The average molecular weight is 398 g/mol. The van der Waals surface area contributed by atoms with Gasteiger partial charge in [0.15, 0.2) is 0 Å². The highest BCUT2D eigenvalue weighted by molar-refractivity contribution is 7.89. The van der Waals surface area contributed by atoms with Gasteiger partial charge in [0.05, 0.1) is 27.2 Å². The molecule has 0 aromatic heterocycles. The van der Waals surface area contributed by atoms with Crippen molar-refractivity contribution in [3.8, 4) is 5.75 Å². The van der Waals surface area contributed by atoms with Crippen molar-refractivity contribution in [1.82, 2.24) is 4.83 Å². The highest BCUT2D eigenvalue weighted by Crippen LogP contribution is 2.25. The zero-order valence-electron chi connectivity index (χ0n) is 13.9. The summed E-state index contributed by atoms with van der Waals surface area (Å²) in [6.45, 7) is 3.74. The third kappa shape index (κ3) is 5.17. The Balaban J connectivity index is 2.13. The van der Waals surface area contributed by atoms with E-state index >= 15 is 0 Å². The van der Waals surface area contributed by atoms with Crippen LogP contribution in [0.4, 0.5) is 5.69 Å². The lowest BCUT2D eigenvalue weighted by Gasteiger charge is -2.11. The number of hydrogen-bond donors (Lipinski definition) is 1. The number of sulfonamides is 1. The molecule has 0 heterocycles. The van der Waals surface area contributed by atoms with Crippen molar-refractivity contribution < 1.29 is 18.1 Å². The molecule has 0 saturated heterocycles. The fourth-order valence-electron chi connectivity index (χ4n) is 1.93. The number of ether oxygens (including phenoxy) is 1. The highest BCUT2D eigenvalue weighted by atomic mass is 35.5. The zero-order chi connectivity index (χ0) is 19.3. The zero-order valence-corrected chi connectivity index (χ0v) is 15.5. The Labute approximate surface area is 155 Å². The van der Waals surface area contributed by atoms with E-state index in [0.29, 0.717) is 16.3 Å². The molecule has 0 unspecified atom stereocenters. The first-order valence-electron chi connectivity index (χ1n) is 7.44. The molecular weight excluding hydrogens is 382 g/mol. The highest BCUT2D eigenvalue weighted by Gasteiger charge is 2.16. The first-order chi connectivity index (χ1) is 12.2. The number of hydrazone groups is 1. The van der Waals surface area contributed by atoms with Crippen molar-refractivity contribution in [3.05, 3.63) is 63.2 Å². The maximum absolute atomic E-state index is 12.1. The monoisotopic (exact) mass is 397 g/mol. The van der Waals surface area contributed by atoms with Crippen LogP contribution in [0.2, 0.25) is 5.02 Å². The van der Waals surface area contributed by atoms with Gasteiger partial charge in [0.1, 0.15) is 5.75 Å². The third-order valence-electron chi connectivity index (χ3n) is 3.04. The summed E-state index contributed by atoms with van der Waals surface area (Å²) in [5.41, 5.74) is 0.220. The first-order valence-corrected chi connectivity index (χ1v) is 9.30. The third-order valence-corrected chi connectivity index (χ3v) is 4.56. The van der Waals surface area contributed by atoms with Gasteiger partial charge in [0.25, 0.3) is 15.7 Å². The number of rotatable bonds is 7. The number of halogens is 1. The molecule has 138 valence electrons. The molecule has 0 aliphatic heterocycles. The van der Waals surface area contributed by atoms with E-state index < -0.39 is 14.9 Å². The van der Waals surface area contributed by atoms with Crippen LogP contribution < -0.4 is 9.57 Å². The van der Waals surface area contributed by atoms with Gasteiger partial charge >= 0.3 is 0 Å². The van der Waals surface area contributed by atoms with Crippen LogP contribution in [0.1, 0.15) is 19.4 Å². The van der Waals surface area contributed by atoms with Crippen LogP contribution in [0, 0.1) is 10.1 Å². The SMILES string of the molecule is CC(C)Oc1ccc(/C=N/NS(=O)(=O)c2cccc([N+](=O)[O-])c2)cc1Cl. The van der Waals surface area contributed by atoms with Gasteiger partial charge in [-0.3, -0.25) is 10.1 Å². The summed E-state index contributed by atoms with van der Waals surface area (Å²) in [6, 6.07) is 9.55. The molecule has 0 atom stereocenters. The minimum absolute atomic E-state index is 0.0336. The standard InChI is InChI=1S/C16H16ClN3O5S/c1-11(2)25-16-7-6-12(8-15(16)17)10-18-19-26(23,24)14-5-3-4-13(9-14)20(21)22/h3-11,19H,1-2H3/b18-10+. The molecule has 0 aliphatic rings. The predicted molar refractivity (Wildman–Crippen MR) is 98.2 cm³/mol. The van der Waals surface area contributed by atoms with Crippen LogP contribution in [0.3, 0.4) is 0 Å². The maximum Gasteiger partial charge on any atom is 0.276 e. The molecule has 0 saturated carbocycles. The molecule has 10 heteroatoms. The van der Waals surface area contributed by atoms with E-state index in [-0.39, 0.29) is 16.7 Å². The summed E-state index contributed by atoms with van der Waals surface area (Å²) in [7, 11) is -4.03. The second kappa shape index (κ2) is 8.15. The van der Waals surface area contributed by atoms with Gasteiger partial charge in [0, 0.05) is 12.1 Å². The second-order valence-corrected chi connectivity index (χ2v) is 7.53. The topological polar surface area (TPSA) is 111 Å². The molecular formula is C16H16ClN3O5S. The van der Waals surface area contributed by atoms with Crippen molar-refractivity contribution >= 4 is 33.5 Å². The molecule has 26 heavy (non-hydrogen) atoms. The largest absolute Gasteiger partial charge is 0.489 e. The lowest BCUT2D eigenvalue weighted by atomic mass is 10.2. The molecule has 1 N–H and O–H groups in total. The van der Waals surface area contributed by atoms with Crippen LogP contribution in [-0.2, 0) is 10.0 Å². The minimum Gasteiger partial charge on any atom is -0.489 e. The molecule has 0 radical (unpaired) electrons. The van der Waals surface area contributed by atoms with Crippen molar-refractivity contribution in [2.45, 2.75) is 24.8 Å². The fourth-order valence-corrected chi connectivity index (χ4v) is 3.00. The number of nitro benzene ring substituents is 1. The van der Waals surface area contributed by atoms with Gasteiger partial charge in [-0.2, -0.15) is 13.5 Å². The summed E-state index contributed by atoms with van der Waals surface area (Å²) in [6.07, 6.45) is 1.23. The molecule has 8 nitrogen and oxygen atoms in total. The normalized spacial score (nSPS) is 11.7. The Morgan fingerprint density at radius 3 is 2.62 bits per heavy atom. The average Bonchev–Trinajstić information content (AvgIpc) is 2.57. The quantitative estimate of drug-likeness (QED) is 0.437. The van der Waals surface area contributed by atoms with Gasteiger partial charge < -0.3 is 4.74 Å². The molecule has 0 spiro atoms. The summed E-state index contributed by atoms with van der Waals surface area (Å²) >= 11 is 6.10. The predicted octanol–water partition coefficient (Wildman–Crippen LogP) is 3.35. The number of benzene rings is 2. The van der Waals surface area contributed by atoms with Gasteiger partial charge in [0.2, 0.25) is 0 Å². The Morgan fingerprint density at radius 1 is 1.27 bits per heavy atom. The van der Waals surface area contributed by atoms with Crippen LogP contribution in [0.15, 0.2) is 52.5 Å². The Kier molecular flexibility index (Phi) is 6.17. The lowest BCUT2D eigenvalue weighted by molar-refractivity contribution is -0.385. The van der Waals surface area contributed by atoms with Crippen molar-refractivity contribution in [3.63, 3.8) is 0 Å². The van der Waals surface area contributed by atoms with E-state index in [1.54, 1.807) is 18.2 Å². The number of nitrogens with zero attached hydrogens (tertiary/aromatic N) is 2. The molecule has 0 amide bonds. The lowest BCUT2D eigenvalue weighted by Crippen LogP contribution is -2.18. The molecule has 2 rings (SSSR count). The van der Waals surface area contributed by atoms with Gasteiger partial charge in [-0.1, -0.05) is 17.7 Å². The molecule has 2 aromatic rings. The minimum atomic E-state index is -4.03. The van der Waals surface area contributed by atoms with Crippen molar-refractivity contribution in [2.24, 2.45) is 5.10 Å². The Hall–Kier alpha value is -2.65. The number of nitrogens with one attached hydrogen (secondary N) is 1. The number of non-ortho nitro benzene ring substituents is 1. The van der Waals surface area contributed by atoms with Crippen LogP contribution >= 0.6 is 11.6 Å². The van der Waals surface area contributed by atoms with E-state index in [9.17, 15) is 18.5 Å². The summed E-state index contributed by atoms with van der Waals surface area (Å²) in [4.78, 5) is 11.8. The molecule has 0 fully saturated rings. The molecule has 0 aliphatic carbocycles. The van der Waals surface area contributed by atoms with E-state index in [4.69, 9.17) is 16.3 Å². The van der Waals surface area contributed by atoms with Crippen molar-refractivity contribution in [1.29, 1.82) is 0 Å². The van der Waals surface area contributed by atoms with E-state index in [2.05, 4.69) is 5.10 Å². The van der Waals surface area contributed by atoms with Crippen LogP contribution in [-0.4, -0.2) is 25.7 Å². The summed E-state index contributed by atoms with van der Waals surface area (Å²) in [5.74, 6) is 0.510. The summed E-state index contributed by atoms with van der Waals surface area (Å²) in [5, 5.41) is 14.8. The Bertz CT molecular complexity index is 945. The van der Waals surface area contributed by atoms with E-state index in [1.807, 2.05) is 18.7 Å². The van der Waals surface area contributed by atoms with Gasteiger partial charge in [-0.15, -0.1) is 0 Å². The fraction of sp³-hybridized carbons (Fsp3) is 0.188. The number of hydrogen-bond acceptors (Lipinski definition) is 6. The molecule has 2 aromatic carbocycles. The maximum atomic E-state index is 12.1.